The van der Waals surface area contributed by atoms with Crippen LogP contribution >= 0.6 is 0 Å². The number of hydrogen-bond acceptors (Lipinski definition) is 8. The average Bonchev–Trinajstić information content (AvgIpc) is 3.24. The molecule has 4 rings (SSSR count). The summed E-state index contributed by atoms with van der Waals surface area (Å²) in [5.41, 5.74) is 6.82. The molecule has 2 saturated heterocycles. The third-order valence-corrected chi connectivity index (χ3v) is 4.37. The van der Waals surface area contributed by atoms with E-state index in [-0.39, 0.29) is 11.7 Å². The molecule has 0 bridgehead atoms. The molecular weight excluding hydrogens is 340 g/mol. The Labute approximate surface area is 149 Å². The summed E-state index contributed by atoms with van der Waals surface area (Å²) < 4.78 is 19.6. The molecule has 138 valence electrons. The van der Waals surface area contributed by atoms with E-state index in [0.29, 0.717) is 17.7 Å². The molecule has 2 fully saturated rings. The first-order valence-corrected chi connectivity index (χ1v) is 8.24. The maximum atomic E-state index is 12.5. The van der Waals surface area contributed by atoms with Gasteiger partial charge in [0.2, 0.25) is 0 Å². The molecule has 0 radical (unpaired) electrons. The molecule has 4 heterocycles. The molecule has 2 aliphatic heterocycles. The zero-order chi connectivity index (χ0) is 18.5. The predicted octanol–water partition coefficient (Wildman–Crippen LogP) is 0.128. The standard InChI is InChI=1S/C16H20N6O4/c1-4-5-18-14(23)10-9-11(26-16(2,3)25-9)15(24-10)22-7-21-8-12(17)19-6-20-13(8)22/h4,6-7,9-11,15H,1,5H2,2-3H3,(H,18,23)(H2,17,19,20)/t9?,10-,11-,15+/m0/s1. The van der Waals surface area contributed by atoms with E-state index in [1.165, 1.54) is 6.33 Å². The number of carbonyl (C=O) groups is 1. The van der Waals surface area contributed by atoms with Gasteiger partial charge in [0, 0.05) is 6.54 Å². The topological polar surface area (TPSA) is 126 Å². The number of aromatic nitrogens is 4. The van der Waals surface area contributed by atoms with Crippen LogP contribution in [0.4, 0.5) is 5.82 Å². The van der Waals surface area contributed by atoms with E-state index < -0.39 is 30.3 Å². The van der Waals surface area contributed by atoms with E-state index in [1.54, 1.807) is 30.8 Å². The molecule has 10 nitrogen and oxygen atoms in total. The van der Waals surface area contributed by atoms with Gasteiger partial charge in [-0.1, -0.05) is 6.08 Å². The third-order valence-electron chi connectivity index (χ3n) is 4.37. The number of hydrogen-bond donors (Lipinski definition) is 2. The number of nitrogens with one attached hydrogen (secondary N) is 1. The summed E-state index contributed by atoms with van der Waals surface area (Å²) in [4.78, 5) is 24.9. The fraction of sp³-hybridized carbons (Fsp3) is 0.500. The smallest absolute Gasteiger partial charge is 0.252 e. The molecule has 0 aromatic carbocycles. The molecule has 0 aliphatic carbocycles. The van der Waals surface area contributed by atoms with Crippen LogP contribution in [-0.4, -0.2) is 56.1 Å². The lowest BCUT2D eigenvalue weighted by Gasteiger charge is -2.24. The summed E-state index contributed by atoms with van der Waals surface area (Å²) in [5.74, 6) is -0.853. The van der Waals surface area contributed by atoms with E-state index in [0.717, 1.165) is 0 Å². The minimum absolute atomic E-state index is 0.271. The zero-order valence-electron chi connectivity index (χ0n) is 14.5. The van der Waals surface area contributed by atoms with Crippen LogP contribution in [0.2, 0.25) is 0 Å². The molecule has 1 amide bonds. The van der Waals surface area contributed by atoms with Crippen molar-refractivity contribution in [3.05, 3.63) is 25.3 Å². The minimum atomic E-state index is -0.835. The van der Waals surface area contributed by atoms with Gasteiger partial charge in [-0.05, 0) is 13.8 Å². The second-order valence-electron chi connectivity index (χ2n) is 6.63. The maximum absolute atomic E-state index is 12.5. The Morgan fingerprint density at radius 2 is 2.15 bits per heavy atom. The molecule has 2 aliphatic rings. The van der Waals surface area contributed by atoms with Crippen LogP contribution in [0.15, 0.2) is 25.3 Å². The van der Waals surface area contributed by atoms with E-state index >= 15 is 0 Å². The van der Waals surface area contributed by atoms with Crippen LogP contribution in [0.1, 0.15) is 20.1 Å². The largest absolute Gasteiger partial charge is 0.382 e. The van der Waals surface area contributed by atoms with Crippen molar-refractivity contribution in [2.24, 2.45) is 0 Å². The number of amides is 1. The Bertz CT molecular complexity index is 866. The number of carbonyl (C=O) groups excluding carboxylic acids is 1. The zero-order valence-corrected chi connectivity index (χ0v) is 14.5. The lowest BCUT2D eigenvalue weighted by atomic mass is 10.1. The van der Waals surface area contributed by atoms with Gasteiger partial charge >= 0.3 is 0 Å². The van der Waals surface area contributed by atoms with Crippen molar-refractivity contribution in [1.29, 1.82) is 0 Å². The summed E-state index contributed by atoms with van der Waals surface area (Å²) in [5, 5.41) is 2.74. The Hall–Kier alpha value is -2.56. The van der Waals surface area contributed by atoms with Crippen molar-refractivity contribution < 1.29 is 19.0 Å². The number of anilines is 1. The van der Waals surface area contributed by atoms with E-state index in [4.69, 9.17) is 19.9 Å². The number of nitrogen functional groups attached to an aromatic ring is 1. The van der Waals surface area contributed by atoms with Crippen LogP contribution < -0.4 is 11.1 Å². The average molecular weight is 360 g/mol. The van der Waals surface area contributed by atoms with Gasteiger partial charge < -0.3 is 25.3 Å². The predicted molar refractivity (Wildman–Crippen MR) is 90.7 cm³/mol. The Kier molecular flexibility index (Phi) is 3.90. The summed E-state index contributed by atoms with van der Waals surface area (Å²) >= 11 is 0. The number of nitrogens with two attached hydrogens (primary N) is 1. The number of ether oxygens (including phenoxy) is 3. The molecule has 0 saturated carbocycles. The fourth-order valence-corrected chi connectivity index (χ4v) is 3.34. The van der Waals surface area contributed by atoms with Gasteiger partial charge in [0.15, 0.2) is 29.6 Å². The van der Waals surface area contributed by atoms with Gasteiger partial charge in [-0.25, -0.2) is 15.0 Å². The molecular formula is C16H20N6O4. The number of nitrogens with zero attached hydrogens (tertiary/aromatic N) is 4. The number of imidazole rings is 1. The second kappa shape index (κ2) is 6.01. The van der Waals surface area contributed by atoms with Crippen molar-refractivity contribution in [3.63, 3.8) is 0 Å². The van der Waals surface area contributed by atoms with Gasteiger partial charge in [-0.2, -0.15) is 0 Å². The van der Waals surface area contributed by atoms with Gasteiger partial charge in [0.1, 0.15) is 24.1 Å². The molecule has 1 unspecified atom stereocenters. The van der Waals surface area contributed by atoms with Crippen molar-refractivity contribution in [2.75, 3.05) is 12.3 Å². The van der Waals surface area contributed by atoms with Gasteiger partial charge in [-0.3, -0.25) is 9.36 Å². The van der Waals surface area contributed by atoms with Crippen LogP contribution in [0.25, 0.3) is 11.2 Å². The molecule has 0 spiro atoms. The second-order valence-corrected chi connectivity index (χ2v) is 6.63. The lowest BCUT2D eigenvalue weighted by molar-refractivity contribution is -0.197. The molecule has 26 heavy (non-hydrogen) atoms. The summed E-state index contributed by atoms with van der Waals surface area (Å²) in [6, 6.07) is 0. The highest BCUT2D eigenvalue weighted by atomic mass is 16.8. The fourth-order valence-electron chi connectivity index (χ4n) is 3.34. The van der Waals surface area contributed by atoms with Crippen molar-refractivity contribution >= 4 is 22.9 Å². The maximum Gasteiger partial charge on any atom is 0.252 e. The Morgan fingerprint density at radius 3 is 2.92 bits per heavy atom. The number of fused-ring (bicyclic) bond motifs is 2. The minimum Gasteiger partial charge on any atom is -0.382 e. The highest BCUT2D eigenvalue weighted by Crippen LogP contribution is 2.43. The molecule has 10 heteroatoms. The van der Waals surface area contributed by atoms with Crippen LogP contribution in [0.5, 0.6) is 0 Å². The first kappa shape index (κ1) is 16.9. The monoisotopic (exact) mass is 360 g/mol. The Morgan fingerprint density at radius 1 is 1.38 bits per heavy atom. The molecule has 3 N–H and O–H groups in total. The van der Waals surface area contributed by atoms with E-state index in [9.17, 15) is 4.79 Å². The van der Waals surface area contributed by atoms with Gasteiger partial charge in [0.25, 0.3) is 5.91 Å². The summed E-state index contributed by atoms with van der Waals surface area (Å²) in [7, 11) is 0. The highest BCUT2D eigenvalue weighted by molar-refractivity contribution is 5.83. The van der Waals surface area contributed by atoms with Crippen LogP contribution in [0, 0.1) is 0 Å². The lowest BCUT2D eigenvalue weighted by Crippen LogP contribution is -2.42. The molecule has 4 atom stereocenters. The summed E-state index contributed by atoms with van der Waals surface area (Å²) in [6.07, 6.45) is 1.97. The quantitative estimate of drug-likeness (QED) is 0.737. The molecule has 2 aromatic heterocycles. The highest BCUT2D eigenvalue weighted by Gasteiger charge is 2.58. The number of rotatable bonds is 4. The van der Waals surface area contributed by atoms with Crippen molar-refractivity contribution in [2.45, 2.75) is 44.2 Å². The first-order chi connectivity index (χ1) is 12.4. The SMILES string of the molecule is C=CCNC(=O)[C@H]1O[C@@H](n2cnc3c(N)ncnc32)[C@H]2OC(C)(C)OC12. The van der Waals surface area contributed by atoms with Gasteiger partial charge in [-0.15, -0.1) is 6.58 Å². The van der Waals surface area contributed by atoms with Crippen LogP contribution in [-0.2, 0) is 19.0 Å². The van der Waals surface area contributed by atoms with Crippen molar-refractivity contribution in [1.82, 2.24) is 24.8 Å². The third kappa shape index (κ3) is 2.62. The Balaban J connectivity index is 1.70. The summed E-state index contributed by atoms with van der Waals surface area (Å²) in [6.45, 7) is 7.53. The normalized spacial score (nSPS) is 29.6. The van der Waals surface area contributed by atoms with Crippen molar-refractivity contribution in [3.8, 4) is 0 Å². The molecule has 2 aromatic rings. The van der Waals surface area contributed by atoms with Crippen LogP contribution in [0.3, 0.4) is 0 Å². The van der Waals surface area contributed by atoms with E-state index in [2.05, 4.69) is 26.8 Å². The van der Waals surface area contributed by atoms with E-state index in [1.807, 2.05) is 0 Å². The van der Waals surface area contributed by atoms with Gasteiger partial charge in [0.05, 0.1) is 6.33 Å². The first-order valence-electron chi connectivity index (χ1n) is 8.24.